The first-order chi connectivity index (χ1) is 20.2. The van der Waals surface area contributed by atoms with Crippen LogP contribution in [0.3, 0.4) is 0 Å². The van der Waals surface area contributed by atoms with Gasteiger partial charge in [0.05, 0.1) is 16.6 Å². The summed E-state index contributed by atoms with van der Waals surface area (Å²) in [6.07, 6.45) is 5.97. The van der Waals surface area contributed by atoms with E-state index < -0.39 is 0 Å². The van der Waals surface area contributed by atoms with E-state index >= 15 is 0 Å². The zero-order valence-corrected chi connectivity index (χ0v) is 23.9. The van der Waals surface area contributed by atoms with Gasteiger partial charge in [0.15, 0.2) is 0 Å². The van der Waals surface area contributed by atoms with Crippen LogP contribution in [0.4, 0.5) is 0 Å². The lowest BCUT2D eigenvalue weighted by Crippen LogP contribution is -1.97. The second-order valence-corrected chi connectivity index (χ2v) is 9.92. The molecular weight excluding hydrogens is 496 g/mol. The van der Waals surface area contributed by atoms with Gasteiger partial charge < -0.3 is 9.13 Å². The van der Waals surface area contributed by atoms with Gasteiger partial charge >= 0.3 is 0 Å². The van der Waals surface area contributed by atoms with E-state index in [1.165, 1.54) is 60.8 Å². The number of allylic oxidation sites excluding steroid dienone is 2. The molecule has 5 aromatic carbocycles. The van der Waals surface area contributed by atoms with Crippen molar-refractivity contribution in [3.63, 3.8) is 0 Å². The number of aromatic nitrogens is 2. The highest BCUT2D eigenvalue weighted by atomic mass is 15.0. The van der Waals surface area contributed by atoms with E-state index in [1.807, 2.05) is 26.0 Å². The minimum Gasteiger partial charge on any atom is -0.310 e. The largest absolute Gasteiger partial charge is 0.310 e. The van der Waals surface area contributed by atoms with Crippen molar-refractivity contribution in [1.29, 1.82) is 0 Å². The average Bonchev–Trinajstić information content (AvgIpc) is 3.53. The number of hydrogen-bond acceptors (Lipinski definition) is 0. The summed E-state index contributed by atoms with van der Waals surface area (Å²) in [5, 5.41) is 3.83. The van der Waals surface area contributed by atoms with E-state index in [4.69, 9.17) is 0 Å². The molecule has 0 spiro atoms. The molecule has 0 aliphatic carbocycles. The third-order valence-electron chi connectivity index (χ3n) is 7.73. The molecule has 0 unspecified atom stereocenters. The first-order valence-electron chi connectivity index (χ1n) is 14.3. The number of aryl methyl sites for hydroxylation is 1. The second-order valence-electron chi connectivity index (χ2n) is 9.92. The smallest absolute Gasteiger partial charge is 0.0541 e. The van der Waals surface area contributed by atoms with Gasteiger partial charge in [0.25, 0.3) is 0 Å². The standard InChI is InChI=1S/C37H28N2.C2H6/c1-3-4-14-34-26(2)31-11-5-8-15-35(31)38(34)29-22-18-27(19-23-29)28-20-24-30(25-21-28)39-36-16-9-6-12-32(36)33-13-7-10-17-37(33)39;1-2/h3-25H,1H2,2H3;1-2H3/b14-4-;. The first-order valence-corrected chi connectivity index (χ1v) is 14.3. The fourth-order valence-corrected chi connectivity index (χ4v) is 5.86. The Morgan fingerprint density at radius 3 is 1.41 bits per heavy atom. The monoisotopic (exact) mass is 530 g/mol. The fraction of sp³-hybridized carbons (Fsp3) is 0.0769. The molecule has 0 fully saturated rings. The molecule has 0 saturated carbocycles. The van der Waals surface area contributed by atoms with Gasteiger partial charge in [-0.3, -0.25) is 0 Å². The SMILES string of the molecule is C=C/C=C\c1c(C)c2ccccc2n1-c1ccc(-c2ccc(-n3c4ccccc4c4ccccc43)cc2)cc1.CC. The van der Waals surface area contributed by atoms with Crippen LogP contribution in [0.25, 0.3) is 61.3 Å². The van der Waals surface area contributed by atoms with E-state index in [-0.39, 0.29) is 0 Å². The zero-order valence-electron chi connectivity index (χ0n) is 23.9. The molecule has 0 aliphatic rings. The summed E-state index contributed by atoms with van der Waals surface area (Å²) in [6.45, 7) is 10.1. The van der Waals surface area contributed by atoms with Crippen LogP contribution in [0.2, 0.25) is 0 Å². The van der Waals surface area contributed by atoms with Gasteiger partial charge in [0.2, 0.25) is 0 Å². The van der Waals surface area contributed by atoms with Gasteiger partial charge in [-0.05, 0) is 72.2 Å². The van der Waals surface area contributed by atoms with Crippen LogP contribution in [0, 0.1) is 6.92 Å². The summed E-state index contributed by atoms with van der Waals surface area (Å²) in [4.78, 5) is 0. The minimum atomic E-state index is 1.15. The third kappa shape index (κ3) is 4.48. The van der Waals surface area contributed by atoms with E-state index in [0.717, 1.165) is 5.69 Å². The lowest BCUT2D eigenvalue weighted by Gasteiger charge is -2.12. The molecule has 0 N–H and O–H groups in total. The molecule has 2 aromatic heterocycles. The highest BCUT2D eigenvalue weighted by molar-refractivity contribution is 6.09. The van der Waals surface area contributed by atoms with Crippen molar-refractivity contribution in [3.05, 3.63) is 151 Å². The Kier molecular flexibility index (Phi) is 7.14. The molecule has 0 amide bonds. The Balaban J connectivity index is 0.00000148. The normalized spacial score (nSPS) is 11.3. The summed E-state index contributed by atoms with van der Waals surface area (Å²) in [7, 11) is 0. The number of fused-ring (bicyclic) bond motifs is 4. The second kappa shape index (κ2) is 11.2. The molecular formula is C39H34N2. The van der Waals surface area contributed by atoms with Crippen LogP contribution < -0.4 is 0 Å². The molecule has 0 radical (unpaired) electrons. The highest BCUT2D eigenvalue weighted by Gasteiger charge is 2.14. The number of nitrogens with zero attached hydrogens (tertiary/aromatic N) is 2. The van der Waals surface area contributed by atoms with Gasteiger partial charge in [-0.25, -0.2) is 0 Å². The predicted molar refractivity (Wildman–Crippen MR) is 178 cm³/mol. The molecule has 2 nitrogen and oxygen atoms in total. The molecule has 41 heavy (non-hydrogen) atoms. The maximum Gasteiger partial charge on any atom is 0.0541 e. The van der Waals surface area contributed by atoms with Crippen LogP contribution >= 0.6 is 0 Å². The van der Waals surface area contributed by atoms with Crippen molar-refractivity contribution in [2.45, 2.75) is 20.8 Å². The molecule has 0 atom stereocenters. The molecule has 2 heteroatoms. The minimum absolute atomic E-state index is 1.15. The fourth-order valence-electron chi connectivity index (χ4n) is 5.86. The van der Waals surface area contributed by atoms with Gasteiger partial charge in [-0.1, -0.05) is 111 Å². The maximum absolute atomic E-state index is 3.86. The Morgan fingerprint density at radius 1 is 0.512 bits per heavy atom. The summed E-state index contributed by atoms with van der Waals surface area (Å²) < 4.78 is 4.69. The Morgan fingerprint density at radius 2 is 0.927 bits per heavy atom. The Bertz CT molecular complexity index is 1960. The van der Waals surface area contributed by atoms with Crippen LogP contribution in [-0.4, -0.2) is 9.13 Å². The van der Waals surface area contributed by atoms with Crippen molar-refractivity contribution in [3.8, 4) is 22.5 Å². The topological polar surface area (TPSA) is 9.86 Å². The number of rotatable bonds is 5. The van der Waals surface area contributed by atoms with Crippen LogP contribution in [0.5, 0.6) is 0 Å². The molecule has 0 bridgehead atoms. The van der Waals surface area contributed by atoms with Crippen molar-refractivity contribution in [2.75, 3.05) is 0 Å². The van der Waals surface area contributed by atoms with Gasteiger partial charge in [-0.2, -0.15) is 0 Å². The van der Waals surface area contributed by atoms with Gasteiger partial charge in [0.1, 0.15) is 0 Å². The summed E-state index contributed by atoms with van der Waals surface area (Å²) in [5.74, 6) is 0. The number of hydrogen-bond donors (Lipinski definition) is 0. The third-order valence-corrected chi connectivity index (χ3v) is 7.73. The van der Waals surface area contributed by atoms with E-state index in [9.17, 15) is 0 Å². The molecule has 7 rings (SSSR count). The van der Waals surface area contributed by atoms with Crippen LogP contribution in [-0.2, 0) is 0 Å². The molecule has 0 saturated heterocycles. The summed E-state index contributed by atoms with van der Waals surface area (Å²) in [6, 6.07) is 43.6. The maximum atomic E-state index is 3.86. The van der Waals surface area contributed by atoms with Crippen molar-refractivity contribution in [1.82, 2.24) is 9.13 Å². The van der Waals surface area contributed by atoms with Crippen LogP contribution in [0.15, 0.2) is 140 Å². The Hall–Kier alpha value is -5.08. The molecule has 2 heterocycles. The number of para-hydroxylation sites is 3. The molecule has 0 aliphatic heterocycles. The lowest BCUT2D eigenvalue weighted by molar-refractivity contribution is 1.10. The van der Waals surface area contributed by atoms with Gasteiger partial charge in [-0.15, -0.1) is 0 Å². The van der Waals surface area contributed by atoms with Crippen molar-refractivity contribution < 1.29 is 0 Å². The predicted octanol–water partition coefficient (Wildman–Crippen LogP) is 10.9. The Labute approximate surface area is 242 Å². The molecule has 7 aromatic rings. The van der Waals surface area contributed by atoms with Crippen LogP contribution in [0.1, 0.15) is 25.1 Å². The highest BCUT2D eigenvalue weighted by Crippen LogP contribution is 2.34. The zero-order chi connectivity index (χ0) is 28.3. The van der Waals surface area contributed by atoms with E-state index in [1.54, 1.807) is 0 Å². The van der Waals surface area contributed by atoms with E-state index in [0.29, 0.717) is 0 Å². The van der Waals surface area contributed by atoms with Crippen molar-refractivity contribution in [2.24, 2.45) is 0 Å². The molecule has 200 valence electrons. The average molecular weight is 531 g/mol. The summed E-state index contributed by atoms with van der Waals surface area (Å²) in [5.41, 5.74) is 10.8. The van der Waals surface area contributed by atoms with E-state index in [2.05, 4.69) is 150 Å². The first kappa shape index (κ1) is 26.2. The quantitative estimate of drug-likeness (QED) is 0.196. The number of benzene rings is 5. The van der Waals surface area contributed by atoms with Gasteiger partial charge in [0, 0.05) is 33.2 Å². The summed E-state index contributed by atoms with van der Waals surface area (Å²) >= 11 is 0. The van der Waals surface area contributed by atoms with Crippen molar-refractivity contribution >= 4 is 38.8 Å². The lowest BCUT2D eigenvalue weighted by atomic mass is 10.0.